The van der Waals surface area contributed by atoms with E-state index >= 15 is 0 Å². The maximum absolute atomic E-state index is 12.8. The number of hydrogen-bond acceptors (Lipinski definition) is 1. The lowest BCUT2D eigenvalue weighted by Gasteiger charge is -2.25. The fraction of sp³-hybridized carbons (Fsp3) is 0.235. The summed E-state index contributed by atoms with van der Waals surface area (Å²) in [5.74, 6) is -0.0879. The maximum atomic E-state index is 12.8. The van der Waals surface area contributed by atoms with Crippen molar-refractivity contribution in [2.24, 2.45) is 0 Å². The number of Topliss-reactive ketones (excluding diaryl/α,β-unsaturated/α-hetero) is 1. The molecule has 4 heteroatoms. The predicted molar refractivity (Wildman–Crippen MR) is 73.3 cm³/mol. The summed E-state index contributed by atoms with van der Waals surface area (Å²) >= 11 is 0. The van der Waals surface area contributed by atoms with Crippen molar-refractivity contribution in [3.8, 4) is 0 Å². The van der Waals surface area contributed by atoms with E-state index in [-0.39, 0.29) is 11.7 Å². The third-order valence-corrected chi connectivity index (χ3v) is 3.91. The van der Waals surface area contributed by atoms with Gasteiger partial charge in [-0.3, -0.25) is 4.79 Å². The molecule has 1 aliphatic carbocycles. The van der Waals surface area contributed by atoms with E-state index in [4.69, 9.17) is 0 Å². The molecule has 0 radical (unpaired) electrons. The highest BCUT2D eigenvalue weighted by Gasteiger charge is 2.32. The maximum Gasteiger partial charge on any atom is 0.416 e. The molecule has 1 atom stereocenters. The van der Waals surface area contributed by atoms with Crippen LogP contribution in [0.5, 0.6) is 0 Å². The molecule has 2 aromatic carbocycles. The molecule has 3 rings (SSSR count). The zero-order valence-electron chi connectivity index (χ0n) is 11.2. The minimum Gasteiger partial charge on any atom is -0.294 e. The van der Waals surface area contributed by atoms with Gasteiger partial charge in [-0.1, -0.05) is 42.5 Å². The summed E-state index contributed by atoms with van der Waals surface area (Å²) in [5, 5.41) is 0. The van der Waals surface area contributed by atoms with Crippen LogP contribution in [0, 0.1) is 0 Å². The Labute approximate surface area is 120 Å². The van der Waals surface area contributed by atoms with Crippen molar-refractivity contribution < 1.29 is 18.0 Å². The Morgan fingerprint density at radius 2 is 1.76 bits per heavy atom. The number of benzene rings is 2. The summed E-state index contributed by atoms with van der Waals surface area (Å²) < 4.78 is 38.5. The highest BCUT2D eigenvalue weighted by atomic mass is 19.4. The van der Waals surface area contributed by atoms with Gasteiger partial charge in [0.1, 0.15) is 0 Å². The number of ketones is 1. The molecule has 0 aromatic heterocycles. The summed E-state index contributed by atoms with van der Waals surface area (Å²) in [4.78, 5) is 11.9. The van der Waals surface area contributed by atoms with Crippen molar-refractivity contribution >= 4 is 5.78 Å². The topological polar surface area (TPSA) is 17.1 Å². The van der Waals surface area contributed by atoms with Crippen LogP contribution in [0.3, 0.4) is 0 Å². The Hall–Kier alpha value is -2.10. The van der Waals surface area contributed by atoms with Crippen LogP contribution in [0.4, 0.5) is 13.2 Å². The van der Waals surface area contributed by atoms with E-state index in [0.717, 1.165) is 11.6 Å². The molecule has 1 nitrogen and oxygen atoms in total. The Bertz CT molecular complexity index is 688. The number of halogens is 3. The summed E-state index contributed by atoms with van der Waals surface area (Å²) in [5.41, 5.74) is 1.43. The van der Waals surface area contributed by atoms with Crippen LogP contribution < -0.4 is 0 Å². The molecule has 0 saturated heterocycles. The molecule has 0 bridgehead atoms. The minimum atomic E-state index is -4.35. The van der Waals surface area contributed by atoms with E-state index in [9.17, 15) is 18.0 Å². The van der Waals surface area contributed by atoms with Crippen LogP contribution in [0.15, 0.2) is 48.5 Å². The van der Waals surface area contributed by atoms with Crippen LogP contribution >= 0.6 is 0 Å². The molecule has 0 N–H and O–H groups in total. The van der Waals surface area contributed by atoms with Gasteiger partial charge < -0.3 is 0 Å². The zero-order chi connectivity index (χ0) is 15.0. The predicted octanol–water partition coefficient (Wildman–Crippen LogP) is 4.81. The van der Waals surface area contributed by atoms with Gasteiger partial charge in [-0.05, 0) is 23.6 Å². The molecule has 2 aromatic rings. The SMILES string of the molecule is O=C1CCC(c2cccc(C(F)(F)F)c2)c2ccccc21. The largest absolute Gasteiger partial charge is 0.416 e. The average Bonchev–Trinajstić information content (AvgIpc) is 2.47. The number of alkyl halides is 3. The molecular formula is C17H13F3O. The summed E-state index contributed by atoms with van der Waals surface area (Å²) in [6, 6.07) is 12.6. The first-order valence-electron chi connectivity index (χ1n) is 6.76. The quantitative estimate of drug-likeness (QED) is 0.736. The number of rotatable bonds is 1. The van der Waals surface area contributed by atoms with Crippen molar-refractivity contribution in [3.05, 3.63) is 70.8 Å². The van der Waals surface area contributed by atoms with Gasteiger partial charge >= 0.3 is 6.18 Å². The van der Waals surface area contributed by atoms with E-state index in [1.807, 2.05) is 12.1 Å². The van der Waals surface area contributed by atoms with E-state index in [2.05, 4.69) is 0 Å². The molecule has 0 amide bonds. The van der Waals surface area contributed by atoms with Crippen LogP contribution in [0.2, 0.25) is 0 Å². The fourth-order valence-electron chi connectivity index (χ4n) is 2.90. The standard InChI is InChI=1S/C17H13F3O/c18-17(19,20)12-5-3-4-11(10-12)13-8-9-16(21)15-7-2-1-6-14(13)15/h1-7,10,13H,8-9H2. The number of fused-ring (bicyclic) bond motifs is 1. The van der Waals surface area contributed by atoms with E-state index < -0.39 is 11.7 Å². The second-order valence-corrected chi connectivity index (χ2v) is 5.22. The van der Waals surface area contributed by atoms with Gasteiger partial charge in [-0.25, -0.2) is 0 Å². The molecule has 108 valence electrons. The van der Waals surface area contributed by atoms with Gasteiger partial charge in [0.2, 0.25) is 0 Å². The van der Waals surface area contributed by atoms with Gasteiger partial charge in [0.05, 0.1) is 5.56 Å². The molecule has 0 saturated carbocycles. The molecule has 0 heterocycles. The van der Waals surface area contributed by atoms with Crippen molar-refractivity contribution in [2.75, 3.05) is 0 Å². The van der Waals surface area contributed by atoms with Crippen LogP contribution in [-0.4, -0.2) is 5.78 Å². The second-order valence-electron chi connectivity index (χ2n) is 5.22. The van der Waals surface area contributed by atoms with E-state index in [1.54, 1.807) is 18.2 Å². The Morgan fingerprint density at radius 1 is 1.00 bits per heavy atom. The normalized spacial score (nSPS) is 18.4. The van der Waals surface area contributed by atoms with Gasteiger partial charge in [0.25, 0.3) is 0 Å². The summed E-state index contributed by atoms with van der Waals surface area (Å²) in [6.07, 6.45) is -3.42. The average molecular weight is 290 g/mol. The van der Waals surface area contributed by atoms with Crippen LogP contribution in [0.25, 0.3) is 0 Å². The third kappa shape index (κ3) is 2.58. The number of carbonyl (C=O) groups excluding carboxylic acids is 1. The molecule has 0 spiro atoms. The monoisotopic (exact) mass is 290 g/mol. The molecule has 21 heavy (non-hydrogen) atoms. The Balaban J connectivity index is 2.06. The van der Waals surface area contributed by atoms with Crippen LogP contribution in [-0.2, 0) is 6.18 Å². The highest BCUT2D eigenvalue weighted by Crippen LogP contribution is 2.38. The first-order chi connectivity index (χ1) is 9.97. The summed E-state index contributed by atoms with van der Waals surface area (Å²) in [6.45, 7) is 0. The van der Waals surface area contributed by atoms with Crippen molar-refractivity contribution in [1.82, 2.24) is 0 Å². The van der Waals surface area contributed by atoms with Gasteiger partial charge in [-0.15, -0.1) is 0 Å². The third-order valence-electron chi connectivity index (χ3n) is 3.91. The molecule has 1 unspecified atom stereocenters. The Morgan fingerprint density at radius 3 is 2.52 bits per heavy atom. The van der Waals surface area contributed by atoms with Crippen molar-refractivity contribution in [3.63, 3.8) is 0 Å². The first kappa shape index (κ1) is 13.9. The van der Waals surface area contributed by atoms with Gasteiger partial charge in [-0.2, -0.15) is 13.2 Å². The molecule has 0 aliphatic heterocycles. The fourth-order valence-corrected chi connectivity index (χ4v) is 2.90. The lowest BCUT2D eigenvalue weighted by Crippen LogP contribution is -2.17. The Kier molecular flexibility index (Phi) is 3.32. The van der Waals surface area contributed by atoms with Gasteiger partial charge in [0.15, 0.2) is 5.78 Å². The number of hydrogen-bond donors (Lipinski definition) is 0. The minimum absolute atomic E-state index is 0.0637. The highest BCUT2D eigenvalue weighted by molar-refractivity contribution is 5.99. The molecule has 0 fully saturated rings. The summed E-state index contributed by atoms with van der Waals surface area (Å²) in [7, 11) is 0. The van der Waals surface area contributed by atoms with Crippen molar-refractivity contribution in [1.29, 1.82) is 0 Å². The first-order valence-corrected chi connectivity index (χ1v) is 6.76. The second kappa shape index (κ2) is 5.02. The smallest absolute Gasteiger partial charge is 0.294 e. The molecule has 1 aliphatic rings. The zero-order valence-corrected chi connectivity index (χ0v) is 11.2. The van der Waals surface area contributed by atoms with Gasteiger partial charge in [0, 0.05) is 17.9 Å². The van der Waals surface area contributed by atoms with E-state index in [0.29, 0.717) is 24.0 Å². The van der Waals surface area contributed by atoms with Crippen molar-refractivity contribution in [2.45, 2.75) is 24.9 Å². The number of carbonyl (C=O) groups is 1. The molecular weight excluding hydrogens is 277 g/mol. The lowest BCUT2D eigenvalue weighted by atomic mass is 9.78. The van der Waals surface area contributed by atoms with Crippen LogP contribution in [0.1, 0.15) is 45.8 Å². The lowest BCUT2D eigenvalue weighted by molar-refractivity contribution is -0.137. The van der Waals surface area contributed by atoms with E-state index in [1.165, 1.54) is 12.1 Å².